The molecule has 0 unspecified atom stereocenters. The number of ether oxygens (including phenoxy) is 1. The molecule has 0 radical (unpaired) electrons. The number of aryl methyl sites for hydroxylation is 1. The van der Waals surface area contributed by atoms with Crippen molar-refractivity contribution in [2.75, 3.05) is 17.2 Å². The second-order valence-electron chi connectivity index (χ2n) is 6.16. The fraction of sp³-hybridized carbons (Fsp3) is 0.136. The highest BCUT2D eigenvalue weighted by Crippen LogP contribution is 2.18. The largest absolute Gasteiger partial charge is 0.489 e. The minimum absolute atomic E-state index is 0.0904. The van der Waals surface area contributed by atoms with Crippen LogP contribution in [0.2, 0.25) is 5.02 Å². The smallest absolute Gasteiger partial charge is 0.243 e. The van der Waals surface area contributed by atoms with Gasteiger partial charge >= 0.3 is 0 Å². The number of anilines is 2. The molecule has 138 valence electrons. The van der Waals surface area contributed by atoms with Crippen LogP contribution in [-0.4, -0.2) is 12.5 Å². The molecular weight excluding hydrogens is 360 g/mol. The van der Waals surface area contributed by atoms with E-state index in [4.69, 9.17) is 16.3 Å². The van der Waals surface area contributed by atoms with Gasteiger partial charge in [0.05, 0.1) is 6.54 Å². The van der Waals surface area contributed by atoms with E-state index < -0.39 is 0 Å². The summed E-state index contributed by atoms with van der Waals surface area (Å²) >= 11 is 5.87. The van der Waals surface area contributed by atoms with E-state index in [0.29, 0.717) is 11.6 Å². The summed E-state index contributed by atoms with van der Waals surface area (Å²) in [6.07, 6.45) is 0. The van der Waals surface area contributed by atoms with Crippen molar-refractivity contribution >= 4 is 28.9 Å². The van der Waals surface area contributed by atoms with E-state index in [0.717, 1.165) is 28.3 Å². The minimum Gasteiger partial charge on any atom is -0.489 e. The van der Waals surface area contributed by atoms with E-state index in [9.17, 15) is 4.79 Å². The minimum atomic E-state index is -0.0904. The van der Waals surface area contributed by atoms with Crippen LogP contribution in [-0.2, 0) is 11.4 Å². The molecule has 0 aliphatic carbocycles. The predicted octanol–water partition coefficient (Wildman–Crippen LogP) is 5.28. The first-order chi connectivity index (χ1) is 13.1. The lowest BCUT2D eigenvalue weighted by molar-refractivity contribution is -0.114. The van der Waals surface area contributed by atoms with Crippen LogP contribution in [0.25, 0.3) is 0 Å². The maximum absolute atomic E-state index is 12.1. The number of hydrogen-bond donors (Lipinski definition) is 2. The van der Waals surface area contributed by atoms with Gasteiger partial charge in [0.2, 0.25) is 5.91 Å². The molecule has 2 N–H and O–H groups in total. The lowest BCUT2D eigenvalue weighted by Gasteiger charge is -2.11. The maximum Gasteiger partial charge on any atom is 0.243 e. The first kappa shape index (κ1) is 18.8. The van der Waals surface area contributed by atoms with Crippen LogP contribution in [0.15, 0.2) is 72.8 Å². The SMILES string of the molecule is Cc1ccccc1NC(=O)CNc1ccc(OCc2ccc(Cl)cc2)cc1. The van der Waals surface area contributed by atoms with Crippen LogP contribution in [0.1, 0.15) is 11.1 Å². The third kappa shape index (κ3) is 5.76. The monoisotopic (exact) mass is 380 g/mol. The van der Waals surface area contributed by atoms with Crippen molar-refractivity contribution in [2.24, 2.45) is 0 Å². The second-order valence-corrected chi connectivity index (χ2v) is 6.59. The highest BCUT2D eigenvalue weighted by atomic mass is 35.5. The molecule has 27 heavy (non-hydrogen) atoms. The van der Waals surface area contributed by atoms with E-state index in [1.807, 2.05) is 79.7 Å². The molecule has 0 saturated carbocycles. The van der Waals surface area contributed by atoms with Gasteiger partial charge in [0, 0.05) is 16.4 Å². The molecular formula is C22H21ClN2O2. The van der Waals surface area contributed by atoms with Gasteiger partial charge in [-0.3, -0.25) is 4.79 Å². The predicted molar refractivity (Wildman–Crippen MR) is 111 cm³/mol. The number of carbonyl (C=O) groups is 1. The number of hydrogen-bond acceptors (Lipinski definition) is 3. The second kappa shape index (κ2) is 9.10. The molecule has 0 aliphatic rings. The Balaban J connectivity index is 1.46. The van der Waals surface area contributed by atoms with Crippen molar-refractivity contribution in [2.45, 2.75) is 13.5 Å². The Kier molecular flexibility index (Phi) is 6.34. The van der Waals surface area contributed by atoms with Crippen LogP contribution in [0.3, 0.4) is 0 Å². The Morgan fingerprint density at radius 2 is 1.67 bits per heavy atom. The third-order valence-corrected chi connectivity index (χ3v) is 4.30. The number of rotatable bonds is 7. The number of benzene rings is 3. The van der Waals surface area contributed by atoms with Crippen LogP contribution in [0.4, 0.5) is 11.4 Å². The summed E-state index contributed by atoms with van der Waals surface area (Å²) in [4.78, 5) is 12.1. The average molecular weight is 381 g/mol. The maximum atomic E-state index is 12.1. The van der Waals surface area contributed by atoms with Crippen molar-refractivity contribution in [3.63, 3.8) is 0 Å². The number of para-hydroxylation sites is 1. The van der Waals surface area contributed by atoms with E-state index in [2.05, 4.69) is 10.6 Å². The van der Waals surface area contributed by atoms with Gasteiger partial charge in [0.15, 0.2) is 0 Å². The first-order valence-corrected chi connectivity index (χ1v) is 9.04. The van der Waals surface area contributed by atoms with Gasteiger partial charge in [0.25, 0.3) is 0 Å². The van der Waals surface area contributed by atoms with Crippen molar-refractivity contribution in [3.05, 3.63) is 88.9 Å². The van der Waals surface area contributed by atoms with Gasteiger partial charge in [-0.25, -0.2) is 0 Å². The first-order valence-electron chi connectivity index (χ1n) is 8.67. The fourth-order valence-corrected chi connectivity index (χ4v) is 2.63. The number of carbonyl (C=O) groups excluding carboxylic acids is 1. The van der Waals surface area contributed by atoms with Crippen LogP contribution < -0.4 is 15.4 Å². The van der Waals surface area contributed by atoms with E-state index in [1.165, 1.54) is 0 Å². The van der Waals surface area contributed by atoms with Crippen LogP contribution in [0, 0.1) is 6.92 Å². The standard InChI is InChI=1S/C22H21ClN2O2/c1-16-4-2-3-5-21(16)25-22(26)14-24-19-10-12-20(13-11-19)27-15-17-6-8-18(23)9-7-17/h2-13,24H,14-15H2,1H3,(H,25,26). The third-order valence-electron chi connectivity index (χ3n) is 4.05. The molecule has 0 fully saturated rings. The normalized spacial score (nSPS) is 10.3. The molecule has 0 bridgehead atoms. The van der Waals surface area contributed by atoms with E-state index in [1.54, 1.807) is 0 Å². The molecule has 1 amide bonds. The summed E-state index contributed by atoms with van der Waals surface area (Å²) in [7, 11) is 0. The Hall–Kier alpha value is -2.98. The average Bonchev–Trinajstić information content (AvgIpc) is 2.68. The van der Waals surface area contributed by atoms with Crippen LogP contribution in [0.5, 0.6) is 5.75 Å². The molecule has 4 nitrogen and oxygen atoms in total. The number of nitrogens with one attached hydrogen (secondary N) is 2. The lowest BCUT2D eigenvalue weighted by Crippen LogP contribution is -2.22. The summed E-state index contributed by atoms with van der Waals surface area (Å²) < 4.78 is 5.75. The molecule has 3 aromatic rings. The number of halogens is 1. The molecule has 0 saturated heterocycles. The molecule has 5 heteroatoms. The topological polar surface area (TPSA) is 50.4 Å². The van der Waals surface area contributed by atoms with E-state index in [-0.39, 0.29) is 12.5 Å². The zero-order chi connectivity index (χ0) is 19.1. The highest BCUT2D eigenvalue weighted by molar-refractivity contribution is 6.30. The summed E-state index contributed by atoms with van der Waals surface area (Å²) in [5, 5.41) is 6.72. The zero-order valence-electron chi connectivity index (χ0n) is 15.0. The van der Waals surface area contributed by atoms with Gasteiger partial charge in [-0.2, -0.15) is 0 Å². The molecule has 0 atom stereocenters. The van der Waals surface area contributed by atoms with Gasteiger partial charge in [-0.05, 0) is 60.5 Å². The molecule has 0 aromatic heterocycles. The van der Waals surface area contributed by atoms with Crippen molar-refractivity contribution in [1.29, 1.82) is 0 Å². The summed E-state index contributed by atoms with van der Waals surface area (Å²) in [5.74, 6) is 0.673. The molecule has 0 aliphatic heterocycles. The van der Waals surface area contributed by atoms with Gasteiger partial charge < -0.3 is 15.4 Å². The molecule has 3 aromatic carbocycles. The summed E-state index contributed by atoms with van der Waals surface area (Å²) in [6, 6.07) is 22.8. The van der Waals surface area contributed by atoms with Crippen molar-refractivity contribution in [1.82, 2.24) is 0 Å². The summed E-state index contributed by atoms with van der Waals surface area (Å²) in [6.45, 7) is 2.63. The molecule has 0 heterocycles. The Morgan fingerprint density at radius 1 is 0.963 bits per heavy atom. The van der Waals surface area contributed by atoms with Gasteiger partial charge in [-0.1, -0.05) is 41.9 Å². The molecule has 3 rings (SSSR count). The zero-order valence-corrected chi connectivity index (χ0v) is 15.8. The fourth-order valence-electron chi connectivity index (χ4n) is 2.51. The lowest BCUT2D eigenvalue weighted by atomic mass is 10.2. The van der Waals surface area contributed by atoms with E-state index >= 15 is 0 Å². The van der Waals surface area contributed by atoms with Crippen LogP contribution >= 0.6 is 11.6 Å². The Morgan fingerprint density at radius 3 is 2.37 bits per heavy atom. The van der Waals surface area contributed by atoms with Crippen molar-refractivity contribution in [3.8, 4) is 5.75 Å². The Bertz CT molecular complexity index is 893. The van der Waals surface area contributed by atoms with Gasteiger partial charge in [-0.15, -0.1) is 0 Å². The summed E-state index contributed by atoms with van der Waals surface area (Å²) in [5.41, 5.74) is 3.77. The van der Waals surface area contributed by atoms with Crippen molar-refractivity contribution < 1.29 is 9.53 Å². The van der Waals surface area contributed by atoms with Gasteiger partial charge in [0.1, 0.15) is 12.4 Å². The quantitative estimate of drug-likeness (QED) is 0.586. The Labute approximate surface area is 164 Å². The number of amides is 1. The molecule has 0 spiro atoms. The highest BCUT2D eigenvalue weighted by Gasteiger charge is 2.04.